The molecule has 0 spiro atoms. The molecule has 1 aliphatic rings. The number of rotatable bonds is 6. The van der Waals surface area contributed by atoms with Crippen LogP contribution in [0.1, 0.15) is 36.0 Å². The number of hydrogen-bond acceptors (Lipinski definition) is 3. The van der Waals surface area contributed by atoms with E-state index in [1.54, 1.807) is 12.1 Å². The van der Waals surface area contributed by atoms with Crippen LogP contribution >= 0.6 is 0 Å². The van der Waals surface area contributed by atoms with Gasteiger partial charge in [-0.3, -0.25) is 0 Å². The van der Waals surface area contributed by atoms with E-state index >= 15 is 0 Å². The number of hydrogen-bond donors (Lipinski definition) is 2. The lowest BCUT2D eigenvalue weighted by Crippen LogP contribution is -2.33. The van der Waals surface area contributed by atoms with Gasteiger partial charge in [-0.1, -0.05) is 12.8 Å². The maximum absolute atomic E-state index is 10.7. The van der Waals surface area contributed by atoms with Crippen molar-refractivity contribution in [2.75, 3.05) is 25.5 Å². The molecule has 4 nitrogen and oxygen atoms in total. The zero-order chi connectivity index (χ0) is 13.7. The highest BCUT2D eigenvalue weighted by Crippen LogP contribution is 2.22. The predicted molar refractivity (Wildman–Crippen MR) is 76.8 cm³/mol. The molecule has 1 aromatic rings. The maximum atomic E-state index is 10.7. The Morgan fingerprint density at radius 2 is 1.95 bits per heavy atom. The molecule has 2 N–H and O–H groups in total. The molecule has 0 bridgehead atoms. The minimum absolute atomic E-state index is 0.327. The lowest BCUT2D eigenvalue weighted by atomic mass is 10.2. The number of benzene rings is 1. The summed E-state index contributed by atoms with van der Waals surface area (Å²) < 4.78 is 0. The smallest absolute Gasteiger partial charge is 0.335 e. The van der Waals surface area contributed by atoms with Crippen molar-refractivity contribution >= 4 is 11.7 Å². The van der Waals surface area contributed by atoms with E-state index in [0.717, 1.165) is 24.8 Å². The fourth-order valence-corrected chi connectivity index (χ4v) is 2.63. The van der Waals surface area contributed by atoms with Crippen molar-refractivity contribution in [3.8, 4) is 0 Å². The molecular formula is C15H22N2O2. The number of carbonyl (C=O) groups is 1. The molecule has 104 valence electrons. The second-order valence-corrected chi connectivity index (χ2v) is 5.23. The van der Waals surface area contributed by atoms with Gasteiger partial charge in [0.1, 0.15) is 0 Å². The average molecular weight is 262 g/mol. The zero-order valence-corrected chi connectivity index (χ0v) is 11.4. The van der Waals surface area contributed by atoms with Gasteiger partial charge in [-0.25, -0.2) is 4.79 Å². The summed E-state index contributed by atoms with van der Waals surface area (Å²) in [7, 11) is 2.19. The standard InChI is InChI=1S/C15H22N2O2/c1-17(14-4-2-3-5-14)11-10-16-13-8-6-12(7-9-13)15(18)19/h6-9,14,16H,2-5,10-11H2,1H3,(H,18,19). The van der Waals surface area contributed by atoms with Crippen molar-refractivity contribution in [3.05, 3.63) is 29.8 Å². The van der Waals surface area contributed by atoms with E-state index in [1.165, 1.54) is 25.7 Å². The van der Waals surface area contributed by atoms with Crippen LogP contribution in [-0.4, -0.2) is 42.2 Å². The summed E-state index contributed by atoms with van der Waals surface area (Å²) in [4.78, 5) is 13.2. The number of carboxylic acids is 1. The van der Waals surface area contributed by atoms with Crippen molar-refractivity contribution in [1.82, 2.24) is 4.90 Å². The summed E-state index contributed by atoms with van der Waals surface area (Å²) in [6.45, 7) is 1.91. The molecule has 0 atom stereocenters. The first kappa shape index (κ1) is 13.9. The van der Waals surface area contributed by atoms with Gasteiger partial charge in [0.15, 0.2) is 0 Å². The summed E-state index contributed by atoms with van der Waals surface area (Å²) in [6, 6.07) is 7.64. The molecular weight excluding hydrogens is 240 g/mol. The molecule has 1 saturated carbocycles. The summed E-state index contributed by atoms with van der Waals surface area (Å²) >= 11 is 0. The molecule has 1 aliphatic carbocycles. The monoisotopic (exact) mass is 262 g/mol. The van der Waals surface area contributed by atoms with Crippen LogP contribution in [0.5, 0.6) is 0 Å². The number of carboxylic acid groups (broad SMARTS) is 1. The fourth-order valence-electron chi connectivity index (χ4n) is 2.63. The molecule has 0 amide bonds. The van der Waals surface area contributed by atoms with E-state index in [-0.39, 0.29) is 0 Å². The van der Waals surface area contributed by atoms with E-state index in [1.807, 2.05) is 12.1 Å². The number of nitrogens with one attached hydrogen (secondary N) is 1. The van der Waals surface area contributed by atoms with Gasteiger partial charge in [0.05, 0.1) is 5.56 Å². The Hall–Kier alpha value is -1.55. The van der Waals surface area contributed by atoms with Gasteiger partial charge in [-0.05, 0) is 44.2 Å². The summed E-state index contributed by atoms with van der Waals surface area (Å²) in [6.07, 6.45) is 5.37. The van der Waals surface area contributed by atoms with Gasteiger partial charge in [0, 0.05) is 24.8 Å². The Bertz CT molecular complexity index is 411. The molecule has 4 heteroatoms. The summed E-state index contributed by atoms with van der Waals surface area (Å²) in [5, 5.41) is 12.1. The van der Waals surface area contributed by atoms with Gasteiger partial charge in [-0.15, -0.1) is 0 Å². The molecule has 0 radical (unpaired) electrons. The molecule has 0 saturated heterocycles. The number of likely N-dealkylation sites (N-methyl/N-ethyl adjacent to an activating group) is 1. The molecule has 0 heterocycles. The van der Waals surface area contributed by atoms with Gasteiger partial charge in [-0.2, -0.15) is 0 Å². The van der Waals surface area contributed by atoms with E-state index in [9.17, 15) is 4.79 Å². The van der Waals surface area contributed by atoms with Crippen molar-refractivity contribution in [3.63, 3.8) is 0 Å². The highest BCUT2D eigenvalue weighted by atomic mass is 16.4. The number of anilines is 1. The Labute approximate surface area is 114 Å². The van der Waals surface area contributed by atoms with E-state index in [0.29, 0.717) is 5.56 Å². The van der Waals surface area contributed by atoms with Gasteiger partial charge >= 0.3 is 5.97 Å². The molecule has 1 fully saturated rings. The molecule has 0 aliphatic heterocycles. The van der Waals surface area contributed by atoms with Crippen molar-refractivity contribution in [2.24, 2.45) is 0 Å². The third-order valence-electron chi connectivity index (χ3n) is 3.87. The highest BCUT2D eigenvalue weighted by molar-refractivity contribution is 5.87. The number of nitrogens with zero attached hydrogens (tertiary/aromatic N) is 1. The van der Waals surface area contributed by atoms with Gasteiger partial charge in [0.2, 0.25) is 0 Å². The number of aromatic carboxylic acids is 1. The van der Waals surface area contributed by atoms with Crippen LogP contribution in [0, 0.1) is 0 Å². The summed E-state index contributed by atoms with van der Waals surface area (Å²) in [5.74, 6) is -0.882. The minimum atomic E-state index is -0.882. The second-order valence-electron chi connectivity index (χ2n) is 5.23. The van der Waals surface area contributed by atoms with Crippen LogP contribution < -0.4 is 5.32 Å². The topological polar surface area (TPSA) is 52.6 Å². The van der Waals surface area contributed by atoms with Gasteiger partial charge < -0.3 is 15.3 Å². The van der Waals surface area contributed by atoms with E-state index < -0.39 is 5.97 Å². The van der Waals surface area contributed by atoms with E-state index in [4.69, 9.17) is 5.11 Å². The van der Waals surface area contributed by atoms with Crippen LogP contribution in [-0.2, 0) is 0 Å². The molecule has 2 rings (SSSR count). The largest absolute Gasteiger partial charge is 0.478 e. The minimum Gasteiger partial charge on any atom is -0.478 e. The fraction of sp³-hybridized carbons (Fsp3) is 0.533. The van der Waals surface area contributed by atoms with Crippen LogP contribution in [0.2, 0.25) is 0 Å². The zero-order valence-electron chi connectivity index (χ0n) is 11.4. The lowest BCUT2D eigenvalue weighted by molar-refractivity contribution is 0.0697. The second kappa shape index (κ2) is 6.57. The Morgan fingerprint density at radius 3 is 2.53 bits per heavy atom. The highest BCUT2D eigenvalue weighted by Gasteiger charge is 2.18. The quantitative estimate of drug-likeness (QED) is 0.827. The normalized spacial score (nSPS) is 15.9. The van der Waals surface area contributed by atoms with Crippen LogP contribution in [0.15, 0.2) is 24.3 Å². The molecule has 19 heavy (non-hydrogen) atoms. The molecule has 1 aromatic carbocycles. The molecule has 0 aromatic heterocycles. The van der Waals surface area contributed by atoms with Crippen molar-refractivity contribution in [2.45, 2.75) is 31.7 Å². The Balaban J connectivity index is 1.74. The van der Waals surface area contributed by atoms with E-state index in [2.05, 4.69) is 17.3 Å². The summed E-state index contributed by atoms with van der Waals surface area (Å²) in [5.41, 5.74) is 1.30. The first-order valence-electron chi connectivity index (χ1n) is 6.94. The lowest BCUT2D eigenvalue weighted by Gasteiger charge is -2.24. The SMILES string of the molecule is CN(CCNc1ccc(C(=O)O)cc1)C1CCCC1. The van der Waals surface area contributed by atoms with Crippen LogP contribution in [0.3, 0.4) is 0 Å². The van der Waals surface area contributed by atoms with Crippen molar-refractivity contribution in [1.29, 1.82) is 0 Å². The third kappa shape index (κ3) is 3.96. The van der Waals surface area contributed by atoms with Gasteiger partial charge in [0.25, 0.3) is 0 Å². The van der Waals surface area contributed by atoms with Crippen LogP contribution in [0.4, 0.5) is 5.69 Å². The first-order valence-corrected chi connectivity index (χ1v) is 6.94. The molecule has 0 unspecified atom stereocenters. The van der Waals surface area contributed by atoms with Crippen LogP contribution in [0.25, 0.3) is 0 Å². The average Bonchev–Trinajstić information content (AvgIpc) is 2.93. The third-order valence-corrected chi connectivity index (χ3v) is 3.87. The Kier molecular flexibility index (Phi) is 4.80. The predicted octanol–water partition coefficient (Wildman–Crippen LogP) is 2.67. The maximum Gasteiger partial charge on any atom is 0.335 e. The first-order chi connectivity index (χ1) is 9.16. The Morgan fingerprint density at radius 1 is 1.32 bits per heavy atom. The van der Waals surface area contributed by atoms with Crippen molar-refractivity contribution < 1.29 is 9.90 Å².